The van der Waals surface area contributed by atoms with Gasteiger partial charge in [-0.3, -0.25) is 4.79 Å². The van der Waals surface area contributed by atoms with Crippen molar-refractivity contribution in [2.45, 2.75) is 26.3 Å². The predicted molar refractivity (Wildman–Crippen MR) is 141 cm³/mol. The molecule has 2 aromatic carbocycles. The third-order valence-corrected chi connectivity index (χ3v) is 6.44. The minimum absolute atomic E-state index is 0.0493. The topological polar surface area (TPSA) is 68.8 Å². The van der Waals surface area contributed by atoms with Crippen LogP contribution in [0.15, 0.2) is 83.6 Å². The van der Waals surface area contributed by atoms with E-state index in [4.69, 9.17) is 25.7 Å². The average Bonchev–Trinajstić information content (AvgIpc) is 3.54. The van der Waals surface area contributed by atoms with Gasteiger partial charge in [-0.05, 0) is 90.7 Å². The summed E-state index contributed by atoms with van der Waals surface area (Å²) in [7, 11) is 1.65. The fourth-order valence-electron chi connectivity index (χ4n) is 4.34. The number of carbonyl (C=O) groups is 1. The fourth-order valence-corrected chi connectivity index (χ4v) is 4.57. The molecule has 1 N–H and O–H groups in total. The van der Waals surface area contributed by atoms with Crippen molar-refractivity contribution < 1.29 is 13.9 Å². The van der Waals surface area contributed by atoms with Crippen LogP contribution in [0.4, 0.5) is 0 Å². The van der Waals surface area contributed by atoms with E-state index in [1.165, 1.54) is 0 Å². The van der Waals surface area contributed by atoms with Crippen molar-refractivity contribution in [3.63, 3.8) is 0 Å². The molecule has 182 valence electrons. The minimum Gasteiger partial charge on any atom is -0.497 e. The minimum atomic E-state index is -0.0493. The number of rotatable bonds is 8. The number of hydrogen-bond donors (Lipinski definition) is 1. The van der Waals surface area contributed by atoms with Gasteiger partial charge < -0.3 is 18.9 Å². The molecule has 5 aromatic rings. The SMILES string of the molecule is COc1ccc(-c2nc3ccc(-c4ccc(Cl)cc4C)cn3c2CCC(=O)NCc2ccco2)cc1. The van der Waals surface area contributed by atoms with Gasteiger partial charge >= 0.3 is 0 Å². The second-order valence-corrected chi connectivity index (χ2v) is 9.03. The largest absolute Gasteiger partial charge is 0.497 e. The van der Waals surface area contributed by atoms with E-state index in [0.29, 0.717) is 24.4 Å². The third-order valence-electron chi connectivity index (χ3n) is 6.21. The number of nitrogens with one attached hydrogen (secondary N) is 1. The van der Waals surface area contributed by atoms with Crippen molar-refractivity contribution >= 4 is 23.2 Å². The molecule has 3 aromatic heterocycles. The Morgan fingerprint density at radius 3 is 2.61 bits per heavy atom. The molecule has 0 bridgehead atoms. The van der Waals surface area contributed by atoms with Crippen LogP contribution >= 0.6 is 11.6 Å². The lowest BCUT2D eigenvalue weighted by atomic mass is 10.0. The molecular formula is C29H26ClN3O3. The van der Waals surface area contributed by atoms with Gasteiger partial charge in [-0.1, -0.05) is 17.7 Å². The molecule has 3 heterocycles. The lowest BCUT2D eigenvalue weighted by molar-refractivity contribution is -0.121. The summed E-state index contributed by atoms with van der Waals surface area (Å²) in [6.07, 6.45) is 4.53. The van der Waals surface area contributed by atoms with Crippen molar-refractivity contribution in [1.29, 1.82) is 0 Å². The van der Waals surface area contributed by atoms with Crippen LogP contribution in [-0.4, -0.2) is 22.4 Å². The Labute approximate surface area is 214 Å². The first kappa shape index (κ1) is 23.7. The fraction of sp³-hybridized carbons (Fsp3) is 0.172. The van der Waals surface area contributed by atoms with Crippen LogP contribution in [0.2, 0.25) is 5.02 Å². The molecule has 36 heavy (non-hydrogen) atoms. The number of imidazole rings is 1. The highest BCUT2D eigenvalue weighted by molar-refractivity contribution is 6.30. The van der Waals surface area contributed by atoms with Crippen LogP contribution < -0.4 is 10.1 Å². The third kappa shape index (κ3) is 4.99. The first-order chi connectivity index (χ1) is 17.5. The molecule has 0 atom stereocenters. The van der Waals surface area contributed by atoms with Gasteiger partial charge in [0.15, 0.2) is 0 Å². The lowest BCUT2D eigenvalue weighted by Crippen LogP contribution is -2.23. The number of aryl methyl sites for hydroxylation is 2. The Kier molecular flexibility index (Phi) is 6.78. The number of hydrogen-bond acceptors (Lipinski definition) is 4. The number of amides is 1. The summed E-state index contributed by atoms with van der Waals surface area (Å²) < 4.78 is 12.7. The molecule has 1 amide bonds. The molecule has 0 fully saturated rings. The smallest absolute Gasteiger partial charge is 0.220 e. The van der Waals surface area contributed by atoms with E-state index in [-0.39, 0.29) is 5.91 Å². The van der Waals surface area contributed by atoms with Crippen molar-refractivity contribution in [3.05, 3.63) is 101 Å². The summed E-state index contributed by atoms with van der Waals surface area (Å²) in [5.74, 6) is 1.45. The van der Waals surface area contributed by atoms with Gasteiger partial charge in [-0.15, -0.1) is 0 Å². The van der Waals surface area contributed by atoms with E-state index in [9.17, 15) is 4.79 Å². The van der Waals surface area contributed by atoms with E-state index in [1.807, 2.05) is 61.5 Å². The number of benzene rings is 2. The number of pyridine rings is 1. The van der Waals surface area contributed by atoms with Crippen LogP contribution in [0.1, 0.15) is 23.4 Å². The second kappa shape index (κ2) is 10.3. The summed E-state index contributed by atoms with van der Waals surface area (Å²) in [5.41, 5.74) is 6.85. The standard InChI is InChI=1S/C29H26ClN3O3/c1-19-16-22(30)8-11-25(19)21-7-13-27-32-29(20-5-9-23(35-2)10-6-20)26(33(27)18-21)12-14-28(34)31-17-24-4-3-15-36-24/h3-11,13,15-16,18H,12,14,17H2,1-2H3,(H,31,34). The van der Waals surface area contributed by atoms with Crippen molar-refractivity contribution in [3.8, 4) is 28.1 Å². The van der Waals surface area contributed by atoms with Crippen molar-refractivity contribution in [2.75, 3.05) is 7.11 Å². The number of nitrogens with zero attached hydrogens (tertiary/aromatic N) is 2. The van der Waals surface area contributed by atoms with Crippen LogP contribution in [0.5, 0.6) is 5.75 Å². The molecule has 0 unspecified atom stereocenters. The molecule has 6 nitrogen and oxygen atoms in total. The molecular weight excluding hydrogens is 474 g/mol. The molecule has 0 spiro atoms. The van der Waals surface area contributed by atoms with E-state index in [0.717, 1.165) is 50.8 Å². The molecule has 0 aliphatic heterocycles. The number of aromatic nitrogens is 2. The van der Waals surface area contributed by atoms with Gasteiger partial charge in [-0.25, -0.2) is 4.98 Å². The maximum Gasteiger partial charge on any atom is 0.220 e. The van der Waals surface area contributed by atoms with E-state index < -0.39 is 0 Å². The van der Waals surface area contributed by atoms with E-state index in [2.05, 4.69) is 22.0 Å². The normalized spacial score (nSPS) is 11.1. The summed E-state index contributed by atoms with van der Waals surface area (Å²) in [6.45, 7) is 2.41. The predicted octanol–water partition coefficient (Wildman–Crippen LogP) is 6.48. The highest BCUT2D eigenvalue weighted by Crippen LogP contribution is 2.31. The molecule has 0 radical (unpaired) electrons. The number of furan rings is 1. The first-order valence-corrected chi connectivity index (χ1v) is 12.1. The van der Waals surface area contributed by atoms with Crippen LogP contribution in [0.25, 0.3) is 28.0 Å². The van der Waals surface area contributed by atoms with Crippen molar-refractivity contribution in [1.82, 2.24) is 14.7 Å². The van der Waals surface area contributed by atoms with Crippen LogP contribution in [-0.2, 0) is 17.8 Å². The van der Waals surface area contributed by atoms with Crippen molar-refractivity contribution in [2.24, 2.45) is 0 Å². The Hall–Kier alpha value is -4.03. The van der Waals surface area contributed by atoms with Gasteiger partial charge in [0.2, 0.25) is 5.91 Å². The average molecular weight is 500 g/mol. The van der Waals surface area contributed by atoms with Gasteiger partial charge in [0, 0.05) is 23.2 Å². The zero-order chi connectivity index (χ0) is 25.1. The highest BCUT2D eigenvalue weighted by Gasteiger charge is 2.17. The molecule has 7 heteroatoms. The highest BCUT2D eigenvalue weighted by atomic mass is 35.5. The molecule has 0 aliphatic rings. The van der Waals surface area contributed by atoms with E-state index >= 15 is 0 Å². The van der Waals surface area contributed by atoms with Crippen LogP contribution in [0, 0.1) is 6.92 Å². The zero-order valence-electron chi connectivity index (χ0n) is 20.1. The number of fused-ring (bicyclic) bond motifs is 1. The maximum absolute atomic E-state index is 12.7. The Morgan fingerprint density at radius 1 is 1.08 bits per heavy atom. The number of methoxy groups -OCH3 is 1. The Morgan fingerprint density at radius 2 is 1.89 bits per heavy atom. The summed E-state index contributed by atoms with van der Waals surface area (Å²) >= 11 is 6.18. The molecule has 0 saturated carbocycles. The number of carbonyl (C=O) groups excluding carboxylic acids is 1. The molecule has 0 aliphatic carbocycles. The second-order valence-electron chi connectivity index (χ2n) is 8.60. The Balaban J connectivity index is 1.50. The monoisotopic (exact) mass is 499 g/mol. The molecule has 0 saturated heterocycles. The Bertz CT molecular complexity index is 1510. The number of halogens is 1. The number of ether oxygens (including phenoxy) is 1. The lowest BCUT2D eigenvalue weighted by Gasteiger charge is -2.10. The quantitative estimate of drug-likeness (QED) is 0.265. The summed E-state index contributed by atoms with van der Waals surface area (Å²) in [5, 5.41) is 3.64. The molecule has 5 rings (SSSR count). The van der Waals surface area contributed by atoms with Gasteiger partial charge in [-0.2, -0.15) is 0 Å². The van der Waals surface area contributed by atoms with Crippen LogP contribution in [0.3, 0.4) is 0 Å². The first-order valence-electron chi connectivity index (χ1n) is 11.7. The zero-order valence-corrected chi connectivity index (χ0v) is 20.9. The van der Waals surface area contributed by atoms with Gasteiger partial charge in [0.05, 0.1) is 31.3 Å². The van der Waals surface area contributed by atoms with Gasteiger partial charge in [0.1, 0.15) is 17.2 Å². The maximum atomic E-state index is 12.7. The van der Waals surface area contributed by atoms with E-state index in [1.54, 1.807) is 19.4 Å². The summed E-state index contributed by atoms with van der Waals surface area (Å²) in [4.78, 5) is 17.6. The van der Waals surface area contributed by atoms with Gasteiger partial charge in [0.25, 0.3) is 0 Å². The summed E-state index contributed by atoms with van der Waals surface area (Å²) in [6, 6.07) is 21.4.